The summed E-state index contributed by atoms with van der Waals surface area (Å²) in [6.45, 7) is 2.19. The maximum Gasteiger partial charge on any atom is 0.416 e. The van der Waals surface area contributed by atoms with Crippen molar-refractivity contribution in [2.24, 2.45) is 0 Å². The van der Waals surface area contributed by atoms with Gasteiger partial charge >= 0.3 is 6.18 Å². The molecule has 0 aliphatic carbocycles. The molecule has 106 valence electrons. The van der Waals surface area contributed by atoms with Crippen molar-refractivity contribution in [1.29, 1.82) is 0 Å². The van der Waals surface area contributed by atoms with Crippen LogP contribution in [-0.4, -0.2) is 4.98 Å². The fourth-order valence-corrected chi connectivity index (χ4v) is 1.68. The smallest absolute Gasteiger partial charge is 0.416 e. The summed E-state index contributed by atoms with van der Waals surface area (Å²) in [6, 6.07) is 8.59. The van der Waals surface area contributed by atoms with Gasteiger partial charge in [0.05, 0.1) is 5.56 Å². The largest absolute Gasteiger partial charge is 0.489 e. The van der Waals surface area contributed by atoms with E-state index in [2.05, 4.69) is 4.98 Å². The van der Waals surface area contributed by atoms with Crippen LogP contribution in [0.4, 0.5) is 13.2 Å². The zero-order chi connectivity index (χ0) is 14.6. The van der Waals surface area contributed by atoms with Gasteiger partial charge in [0.2, 0.25) is 0 Å². The molecule has 0 unspecified atom stereocenters. The summed E-state index contributed by atoms with van der Waals surface area (Å²) in [5.74, 6) is 0.194. The van der Waals surface area contributed by atoms with Crippen LogP contribution in [0.2, 0.25) is 0 Å². The summed E-state index contributed by atoms with van der Waals surface area (Å²) >= 11 is 0. The summed E-state index contributed by atoms with van der Waals surface area (Å²) in [6.07, 6.45) is -1.84. The second-order valence-corrected chi connectivity index (χ2v) is 4.33. The van der Waals surface area contributed by atoms with Crippen molar-refractivity contribution in [3.8, 4) is 5.75 Å². The average molecular weight is 281 g/mol. The summed E-state index contributed by atoms with van der Waals surface area (Å²) in [4.78, 5) is 4.21. The predicted molar refractivity (Wildman–Crippen MR) is 69.4 cm³/mol. The van der Waals surface area contributed by atoms with Crippen molar-refractivity contribution in [3.05, 3.63) is 59.4 Å². The third-order valence-corrected chi connectivity index (χ3v) is 2.82. The van der Waals surface area contributed by atoms with Gasteiger partial charge in [-0.3, -0.25) is 4.98 Å². The Bertz CT molecular complexity index is 564. The number of aromatic nitrogens is 1. The van der Waals surface area contributed by atoms with Crippen LogP contribution in [0.25, 0.3) is 0 Å². The molecule has 1 aromatic carbocycles. The SMILES string of the molecule is CCc1ccc(COc2cccc(C(F)(F)F)c2)cn1. The summed E-state index contributed by atoms with van der Waals surface area (Å²) in [5.41, 5.74) is 1.07. The van der Waals surface area contributed by atoms with E-state index in [0.717, 1.165) is 29.8 Å². The molecular weight excluding hydrogens is 267 g/mol. The Morgan fingerprint density at radius 2 is 1.95 bits per heavy atom. The fraction of sp³-hybridized carbons (Fsp3) is 0.267. The van der Waals surface area contributed by atoms with E-state index in [9.17, 15) is 13.2 Å². The molecule has 0 aliphatic heterocycles. The van der Waals surface area contributed by atoms with Crippen molar-refractivity contribution in [2.45, 2.75) is 26.1 Å². The van der Waals surface area contributed by atoms with Crippen LogP contribution < -0.4 is 4.74 Å². The van der Waals surface area contributed by atoms with Gasteiger partial charge in [-0.1, -0.05) is 19.1 Å². The molecule has 0 amide bonds. The standard InChI is InChI=1S/C15H14F3NO/c1-2-13-7-6-11(9-19-13)10-20-14-5-3-4-12(8-14)15(16,17)18/h3-9H,2,10H2,1H3. The van der Waals surface area contributed by atoms with Gasteiger partial charge in [-0.05, 0) is 30.7 Å². The number of aryl methyl sites for hydroxylation is 1. The Morgan fingerprint density at radius 3 is 2.55 bits per heavy atom. The molecule has 5 heteroatoms. The van der Waals surface area contributed by atoms with E-state index in [0.29, 0.717) is 0 Å². The van der Waals surface area contributed by atoms with E-state index >= 15 is 0 Å². The van der Waals surface area contributed by atoms with Crippen LogP contribution in [0.5, 0.6) is 5.75 Å². The first-order valence-electron chi connectivity index (χ1n) is 6.23. The van der Waals surface area contributed by atoms with E-state index in [-0.39, 0.29) is 12.4 Å². The molecule has 2 aromatic rings. The topological polar surface area (TPSA) is 22.1 Å². The van der Waals surface area contributed by atoms with Crippen LogP contribution in [-0.2, 0) is 19.2 Å². The number of rotatable bonds is 4. The van der Waals surface area contributed by atoms with E-state index in [4.69, 9.17) is 4.74 Å². The number of halogens is 3. The van der Waals surface area contributed by atoms with E-state index in [1.807, 2.05) is 19.1 Å². The van der Waals surface area contributed by atoms with E-state index in [1.165, 1.54) is 12.1 Å². The Morgan fingerprint density at radius 1 is 1.15 bits per heavy atom. The van der Waals surface area contributed by atoms with Gasteiger partial charge in [0, 0.05) is 17.5 Å². The predicted octanol–water partition coefficient (Wildman–Crippen LogP) is 4.24. The Kier molecular flexibility index (Phi) is 4.27. The molecule has 0 atom stereocenters. The molecule has 0 radical (unpaired) electrons. The number of hydrogen-bond donors (Lipinski definition) is 0. The lowest BCUT2D eigenvalue weighted by atomic mass is 10.2. The Labute approximate surface area is 115 Å². The summed E-state index contributed by atoms with van der Waals surface area (Å²) in [5, 5.41) is 0. The molecule has 0 bridgehead atoms. The van der Waals surface area contributed by atoms with Crippen molar-refractivity contribution >= 4 is 0 Å². The van der Waals surface area contributed by atoms with E-state index < -0.39 is 11.7 Å². The molecule has 1 aromatic heterocycles. The number of alkyl halides is 3. The van der Waals surface area contributed by atoms with Crippen molar-refractivity contribution < 1.29 is 17.9 Å². The molecular formula is C15H14F3NO. The second-order valence-electron chi connectivity index (χ2n) is 4.33. The molecule has 20 heavy (non-hydrogen) atoms. The van der Waals surface area contributed by atoms with Crippen molar-refractivity contribution in [2.75, 3.05) is 0 Å². The molecule has 2 nitrogen and oxygen atoms in total. The lowest BCUT2D eigenvalue weighted by Crippen LogP contribution is -2.05. The molecule has 0 fully saturated rings. The highest BCUT2D eigenvalue weighted by atomic mass is 19.4. The number of pyridine rings is 1. The second kappa shape index (κ2) is 5.94. The van der Waals surface area contributed by atoms with Crippen molar-refractivity contribution in [3.63, 3.8) is 0 Å². The van der Waals surface area contributed by atoms with Gasteiger partial charge in [0.25, 0.3) is 0 Å². The number of hydrogen-bond acceptors (Lipinski definition) is 2. The zero-order valence-corrected chi connectivity index (χ0v) is 10.9. The third kappa shape index (κ3) is 3.73. The number of nitrogens with zero attached hydrogens (tertiary/aromatic N) is 1. The maximum absolute atomic E-state index is 12.5. The molecule has 0 saturated heterocycles. The lowest BCUT2D eigenvalue weighted by Gasteiger charge is -2.10. The average Bonchev–Trinajstić information content (AvgIpc) is 2.45. The van der Waals surface area contributed by atoms with Gasteiger partial charge in [0.15, 0.2) is 0 Å². The highest BCUT2D eigenvalue weighted by Crippen LogP contribution is 2.31. The molecule has 0 saturated carbocycles. The van der Waals surface area contributed by atoms with Gasteiger partial charge in [-0.2, -0.15) is 13.2 Å². The van der Waals surface area contributed by atoms with Crippen LogP contribution >= 0.6 is 0 Å². The van der Waals surface area contributed by atoms with Crippen LogP contribution in [0.15, 0.2) is 42.6 Å². The quantitative estimate of drug-likeness (QED) is 0.836. The lowest BCUT2D eigenvalue weighted by molar-refractivity contribution is -0.137. The zero-order valence-electron chi connectivity index (χ0n) is 10.9. The minimum absolute atomic E-state index is 0.193. The first-order valence-corrected chi connectivity index (χ1v) is 6.23. The molecule has 0 spiro atoms. The normalized spacial score (nSPS) is 11.4. The maximum atomic E-state index is 12.5. The monoisotopic (exact) mass is 281 g/mol. The van der Waals surface area contributed by atoms with Crippen LogP contribution in [0.1, 0.15) is 23.7 Å². The molecule has 1 heterocycles. The summed E-state index contributed by atoms with van der Waals surface area (Å²) < 4.78 is 43.0. The van der Waals surface area contributed by atoms with E-state index in [1.54, 1.807) is 6.20 Å². The van der Waals surface area contributed by atoms with Crippen LogP contribution in [0, 0.1) is 0 Å². The molecule has 0 aliphatic rings. The minimum Gasteiger partial charge on any atom is -0.489 e. The van der Waals surface area contributed by atoms with Gasteiger partial charge in [0.1, 0.15) is 12.4 Å². The first-order chi connectivity index (χ1) is 9.49. The first kappa shape index (κ1) is 14.4. The molecule has 2 rings (SSSR count). The van der Waals surface area contributed by atoms with Crippen LogP contribution in [0.3, 0.4) is 0 Å². The Hall–Kier alpha value is -2.04. The van der Waals surface area contributed by atoms with Gasteiger partial charge in [-0.15, -0.1) is 0 Å². The highest BCUT2D eigenvalue weighted by Gasteiger charge is 2.30. The fourth-order valence-electron chi connectivity index (χ4n) is 1.68. The van der Waals surface area contributed by atoms with Gasteiger partial charge in [-0.25, -0.2) is 0 Å². The van der Waals surface area contributed by atoms with Gasteiger partial charge < -0.3 is 4.74 Å². The molecule has 0 N–H and O–H groups in total. The van der Waals surface area contributed by atoms with Crippen molar-refractivity contribution in [1.82, 2.24) is 4.98 Å². The summed E-state index contributed by atoms with van der Waals surface area (Å²) in [7, 11) is 0. The third-order valence-electron chi connectivity index (χ3n) is 2.82. The Balaban J connectivity index is 2.03. The number of ether oxygens (including phenoxy) is 1. The minimum atomic E-state index is -4.36. The number of benzene rings is 1. The highest BCUT2D eigenvalue weighted by molar-refractivity contribution is 5.30.